The normalized spacial score (nSPS) is 11.3. The molecular formula is C16H29N3O. The average Bonchev–Trinajstić information content (AvgIpc) is 2.36. The number of ether oxygens (including phenoxy) is 1. The Labute approximate surface area is 123 Å². The standard InChI is InChI=1S/C16H29N3O/c1-13(2)10-17-11-15-12-18-14(3)9-16(15)20-8-6-7-19(4)5/h9,12-13,17H,6-8,10-11H2,1-5H3. The molecule has 0 unspecified atom stereocenters. The lowest BCUT2D eigenvalue weighted by atomic mass is 10.2. The Balaban J connectivity index is 2.51. The lowest BCUT2D eigenvalue weighted by Crippen LogP contribution is -2.20. The fourth-order valence-corrected chi connectivity index (χ4v) is 1.89. The van der Waals surface area contributed by atoms with E-state index in [4.69, 9.17) is 4.74 Å². The first kappa shape index (κ1) is 16.9. The molecule has 0 bridgehead atoms. The molecule has 0 saturated heterocycles. The van der Waals surface area contributed by atoms with E-state index in [1.807, 2.05) is 19.2 Å². The van der Waals surface area contributed by atoms with Crippen LogP contribution in [0.5, 0.6) is 5.75 Å². The van der Waals surface area contributed by atoms with Crippen molar-refractivity contribution in [1.82, 2.24) is 15.2 Å². The molecule has 0 aliphatic rings. The minimum absolute atomic E-state index is 0.651. The lowest BCUT2D eigenvalue weighted by Gasteiger charge is -2.14. The summed E-state index contributed by atoms with van der Waals surface area (Å²) >= 11 is 0. The third-order valence-electron chi connectivity index (χ3n) is 2.96. The zero-order valence-electron chi connectivity index (χ0n) is 13.6. The van der Waals surface area contributed by atoms with Crippen molar-refractivity contribution >= 4 is 0 Å². The van der Waals surface area contributed by atoms with Crippen LogP contribution in [0.25, 0.3) is 0 Å². The van der Waals surface area contributed by atoms with Crippen LogP contribution in [0.4, 0.5) is 0 Å². The summed E-state index contributed by atoms with van der Waals surface area (Å²) in [5.41, 5.74) is 2.14. The zero-order valence-corrected chi connectivity index (χ0v) is 13.6. The first-order chi connectivity index (χ1) is 9.49. The maximum atomic E-state index is 5.92. The third-order valence-corrected chi connectivity index (χ3v) is 2.96. The van der Waals surface area contributed by atoms with Crippen LogP contribution in [-0.4, -0.2) is 43.7 Å². The van der Waals surface area contributed by atoms with E-state index in [1.165, 1.54) is 0 Å². The highest BCUT2D eigenvalue weighted by Gasteiger charge is 2.06. The Kier molecular flexibility index (Phi) is 7.55. The van der Waals surface area contributed by atoms with Crippen molar-refractivity contribution < 1.29 is 4.74 Å². The van der Waals surface area contributed by atoms with Gasteiger partial charge in [0, 0.05) is 36.6 Å². The van der Waals surface area contributed by atoms with Crippen molar-refractivity contribution in [3.8, 4) is 5.75 Å². The second-order valence-corrected chi connectivity index (χ2v) is 5.96. The van der Waals surface area contributed by atoms with E-state index in [2.05, 4.69) is 43.1 Å². The first-order valence-corrected chi connectivity index (χ1v) is 7.42. The molecule has 4 heteroatoms. The summed E-state index contributed by atoms with van der Waals surface area (Å²) < 4.78 is 5.92. The number of rotatable bonds is 9. The van der Waals surface area contributed by atoms with Crippen LogP contribution in [0.15, 0.2) is 12.3 Å². The van der Waals surface area contributed by atoms with Crippen LogP contribution < -0.4 is 10.1 Å². The average molecular weight is 279 g/mol. The molecule has 0 spiro atoms. The summed E-state index contributed by atoms with van der Waals surface area (Å²) in [5.74, 6) is 1.62. The molecule has 1 aromatic heterocycles. The maximum Gasteiger partial charge on any atom is 0.127 e. The van der Waals surface area contributed by atoms with Gasteiger partial charge in [-0.3, -0.25) is 4.98 Å². The smallest absolute Gasteiger partial charge is 0.127 e. The van der Waals surface area contributed by atoms with Gasteiger partial charge in [-0.05, 0) is 39.9 Å². The Bertz CT molecular complexity index is 391. The predicted molar refractivity (Wildman–Crippen MR) is 84.2 cm³/mol. The van der Waals surface area contributed by atoms with E-state index in [9.17, 15) is 0 Å². The second-order valence-electron chi connectivity index (χ2n) is 5.96. The molecule has 114 valence electrons. The number of hydrogen-bond donors (Lipinski definition) is 1. The lowest BCUT2D eigenvalue weighted by molar-refractivity contribution is 0.278. The van der Waals surface area contributed by atoms with Crippen LogP contribution >= 0.6 is 0 Å². The SMILES string of the molecule is Cc1cc(OCCCN(C)C)c(CNCC(C)C)cn1. The van der Waals surface area contributed by atoms with E-state index in [-0.39, 0.29) is 0 Å². The quantitative estimate of drug-likeness (QED) is 0.705. The first-order valence-electron chi connectivity index (χ1n) is 7.42. The topological polar surface area (TPSA) is 37.4 Å². The molecule has 4 nitrogen and oxygen atoms in total. The van der Waals surface area contributed by atoms with Gasteiger partial charge in [0.1, 0.15) is 5.75 Å². The van der Waals surface area contributed by atoms with Gasteiger partial charge in [0.2, 0.25) is 0 Å². The minimum Gasteiger partial charge on any atom is -0.493 e. The molecule has 1 N–H and O–H groups in total. The van der Waals surface area contributed by atoms with Crippen molar-refractivity contribution in [2.45, 2.75) is 33.7 Å². The molecule has 0 radical (unpaired) electrons. The van der Waals surface area contributed by atoms with Crippen molar-refractivity contribution in [3.05, 3.63) is 23.5 Å². The summed E-state index contributed by atoms with van der Waals surface area (Å²) in [4.78, 5) is 6.54. The van der Waals surface area contributed by atoms with Gasteiger partial charge < -0.3 is 15.0 Å². The van der Waals surface area contributed by atoms with E-state index in [0.29, 0.717) is 5.92 Å². The highest BCUT2D eigenvalue weighted by atomic mass is 16.5. The van der Waals surface area contributed by atoms with Gasteiger partial charge in [0.25, 0.3) is 0 Å². The van der Waals surface area contributed by atoms with Gasteiger partial charge in [0.15, 0.2) is 0 Å². The van der Waals surface area contributed by atoms with E-state index < -0.39 is 0 Å². The number of aryl methyl sites for hydroxylation is 1. The van der Waals surface area contributed by atoms with Gasteiger partial charge in [-0.1, -0.05) is 13.8 Å². The fraction of sp³-hybridized carbons (Fsp3) is 0.688. The van der Waals surface area contributed by atoms with Gasteiger partial charge in [0.05, 0.1) is 6.61 Å². The fourth-order valence-electron chi connectivity index (χ4n) is 1.89. The van der Waals surface area contributed by atoms with Crippen molar-refractivity contribution in [2.24, 2.45) is 5.92 Å². The number of pyridine rings is 1. The molecule has 0 atom stereocenters. The largest absolute Gasteiger partial charge is 0.493 e. The molecule has 0 aliphatic carbocycles. The highest BCUT2D eigenvalue weighted by Crippen LogP contribution is 2.18. The molecule has 1 rings (SSSR count). The van der Waals surface area contributed by atoms with Crippen molar-refractivity contribution in [2.75, 3.05) is 33.8 Å². The van der Waals surface area contributed by atoms with Gasteiger partial charge in [-0.2, -0.15) is 0 Å². The summed E-state index contributed by atoms with van der Waals surface area (Å²) in [6.45, 7) is 10.0. The van der Waals surface area contributed by atoms with Crippen LogP contribution in [0.3, 0.4) is 0 Å². The monoisotopic (exact) mass is 279 g/mol. The van der Waals surface area contributed by atoms with E-state index in [1.54, 1.807) is 0 Å². The van der Waals surface area contributed by atoms with E-state index in [0.717, 1.165) is 49.7 Å². The summed E-state index contributed by atoms with van der Waals surface area (Å²) in [7, 11) is 4.16. The number of nitrogens with zero attached hydrogens (tertiary/aromatic N) is 2. The zero-order chi connectivity index (χ0) is 15.0. The molecule has 1 heterocycles. The molecule has 1 aromatic rings. The van der Waals surface area contributed by atoms with Gasteiger partial charge in [-0.25, -0.2) is 0 Å². The van der Waals surface area contributed by atoms with Gasteiger partial charge >= 0.3 is 0 Å². The Morgan fingerprint density at radius 3 is 2.75 bits per heavy atom. The maximum absolute atomic E-state index is 5.92. The van der Waals surface area contributed by atoms with Crippen molar-refractivity contribution in [1.29, 1.82) is 0 Å². The van der Waals surface area contributed by atoms with Crippen LogP contribution in [0.2, 0.25) is 0 Å². The predicted octanol–water partition coefficient (Wildman–Crippen LogP) is 2.47. The number of nitrogens with one attached hydrogen (secondary N) is 1. The number of aromatic nitrogens is 1. The minimum atomic E-state index is 0.651. The molecule has 0 aromatic carbocycles. The molecule has 0 fully saturated rings. The molecule has 0 saturated carbocycles. The summed E-state index contributed by atoms with van der Waals surface area (Å²) in [6.07, 6.45) is 2.96. The summed E-state index contributed by atoms with van der Waals surface area (Å²) in [6, 6.07) is 2.03. The molecular weight excluding hydrogens is 250 g/mol. The Morgan fingerprint density at radius 1 is 1.35 bits per heavy atom. The van der Waals surface area contributed by atoms with Crippen molar-refractivity contribution in [3.63, 3.8) is 0 Å². The van der Waals surface area contributed by atoms with Crippen LogP contribution in [0.1, 0.15) is 31.5 Å². The Morgan fingerprint density at radius 2 is 2.10 bits per heavy atom. The van der Waals surface area contributed by atoms with E-state index >= 15 is 0 Å². The molecule has 0 aliphatic heterocycles. The molecule has 0 amide bonds. The number of hydrogen-bond acceptors (Lipinski definition) is 4. The van der Waals surface area contributed by atoms with Crippen LogP contribution in [-0.2, 0) is 6.54 Å². The van der Waals surface area contributed by atoms with Gasteiger partial charge in [-0.15, -0.1) is 0 Å². The highest BCUT2D eigenvalue weighted by molar-refractivity contribution is 5.32. The second kappa shape index (κ2) is 8.93. The molecule has 20 heavy (non-hydrogen) atoms. The third kappa shape index (κ3) is 6.87. The van der Waals surface area contributed by atoms with Crippen LogP contribution in [0, 0.1) is 12.8 Å². The summed E-state index contributed by atoms with van der Waals surface area (Å²) in [5, 5.41) is 3.44. The Hall–Kier alpha value is -1.13.